The molecular formula is C44H28N6. The van der Waals surface area contributed by atoms with Crippen molar-refractivity contribution in [3.63, 3.8) is 0 Å². The Kier molecular flexibility index (Phi) is 8.20. The summed E-state index contributed by atoms with van der Waals surface area (Å²) in [6, 6.07) is 58.4. The monoisotopic (exact) mass is 640 g/mol. The average molecular weight is 641 g/mol. The quantitative estimate of drug-likeness (QED) is 0.172. The zero-order valence-electron chi connectivity index (χ0n) is 26.8. The summed E-state index contributed by atoms with van der Waals surface area (Å²) < 4.78 is 0. The first-order valence-corrected chi connectivity index (χ1v) is 16.2. The lowest BCUT2D eigenvalue weighted by Crippen LogP contribution is -2.00. The fraction of sp³-hybridized carbons (Fsp3) is 0. The van der Waals surface area contributed by atoms with Gasteiger partial charge in [0, 0.05) is 33.4 Å². The SMILES string of the molecule is N#Cc1ccc(-c2nc(-c3ccccc3)nc(-c3ccc(-c4cccc(-c5cc(-c6ccccc6)nc(-c6ccccc6)n5)c4)cc3)n2)cc1. The van der Waals surface area contributed by atoms with Crippen molar-refractivity contribution in [3.8, 4) is 85.3 Å². The van der Waals surface area contributed by atoms with E-state index in [1.54, 1.807) is 12.1 Å². The second-order valence-electron chi connectivity index (χ2n) is 11.7. The summed E-state index contributed by atoms with van der Waals surface area (Å²) in [6.45, 7) is 0. The third kappa shape index (κ3) is 6.40. The van der Waals surface area contributed by atoms with Gasteiger partial charge in [-0.25, -0.2) is 24.9 Å². The molecule has 0 radical (unpaired) electrons. The molecule has 0 spiro atoms. The summed E-state index contributed by atoms with van der Waals surface area (Å²) in [5, 5.41) is 9.27. The molecule has 0 aliphatic carbocycles. The summed E-state index contributed by atoms with van der Waals surface area (Å²) >= 11 is 0. The minimum atomic E-state index is 0.546. The molecule has 0 saturated carbocycles. The van der Waals surface area contributed by atoms with Gasteiger partial charge in [0.05, 0.1) is 23.0 Å². The van der Waals surface area contributed by atoms with Crippen LogP contribution in [-0.2, 0) is 0 Å². The van der Waals surface area contributed by atoms with Crippen molar-refractivity contribution < 1.29 is 0 Å². The molecule has 2 aromatic heterocycles. The van der Waals surface area contributed by atoms with Crippen molar-refractivity contribution in [3.05, 3.63) is 175 Å². The molecule has 6 heteroatoms. The van der Waals surface area contributed by atoms with E-state index in [1.807, 2.05) is 103 Å². The van der Waals surface area contributed by atoms with Gasteiger partial charge in [-0.3, -0.25) is 0 Å². The molecule has 234 valence electrons. The highest BCUT2D eigenvalue weighted by molar-refractivity contribution is 5.77. The number of nitrogens with zero attached hydrogens (tertiary/aromatic N) is 6. The Morgan fingerprint density at radius 3 is 1.20 bits per heavy atom. The minimum absolute atomic E-state index is 0.546. The Hall–Kier alpha value is -7.10. The molecule has 0 unspecified atom stereocenters. The Morgan fingerprint density at radius 1 is 0.300 bits per heavy atom. The molecule has 8 aromatic rings. The molecule has 0 atom stereocenters. The van der Waals surface area contributed by atoms with E-state index < -0.39 is 0 Å². The van der Waals surface area contributed by atoms with E-state index in [2.05, 4.69) is 60.7 Å². The van der Waals surface area contributed by atoms with Crippen LogP contribution in [0.2, 0.25) is 0 Å². The van der Waals surface area contributed by atoms with Crippen LogP contribution < -0.4 is 0 Å². The number of hydrogen-bond acceptors (Lipinski definition) is 6. The molecule has 2 heterocycles. The maximum atomic E-state index is 9.27. The van der Waals surface area contributed by atoms with Gasteiger partial charge in [-0.15, -0.1) is 0 Å². The summed E-state index contributed by atoms with van der Waals surface area (Å²) in [7, 11) is 0. The summed E-state index contributed by atoms with van der Waals surface area (Å²) in [6.07, 6.45) is 0. The van der Waals surface area contributed by atoms with E-state index in [-0.39, 0.29) is 0 Å². The largest absolute Gasteiger partial charge is 0.228 e. The van der Waals surface area contributed by atoms with Crippen LogP contribution in [0.15, 0.2) is 170 Å². The molecule has 0 aliphatic heterocycles. The average Bonchev–Trinajstić information content (AvgIpc) is 3.21. The van der Waals surface area contributed by atoms with E-state index in [0.29, 0.717) is 28.9 Å². The second kappa shape index (κ2) is 13.6. The normalized spacial score (nSPS) is 10.8. The lowest BCUT2D eigenvalue weighted by molar-refractivity contribution is 1.07. The Morgan fingerprint density at radius 2 is 0.680 bits per heavy atom. The fourth-order valence-corrected chi connectivity index (χ4v) is 5.78. The van der Waals surface area contributed by atoms with Crippen molar-refractivity contribution in [1.29, 1.82) is 5.26 Å². The standard InChI is InChI=1S/C44H28N6/c45-29-30-19-21-35(22-20-30)43-48-42(34-15-8-3-9-16-34)49-44(50-43)36-25-23-31(24-26-36)37-17-10-18-38(27-37)40-28-39(32-11-4-1-5-12-32)46-41(47-40)33-13-6-2-7-14-33/h1-28H. The van der Waals surface area contributed by atoms with Crippen LogP contribution in [0.1, 0.15) is 5.56 Å². The van der Waals surface area contributed by atoms with Crippen LogP contribution in [0.5, 0.6) is 0 Å². The lowest BCUT2D eigenvalue weighted by atomic mass is 9.99. The Bertz CT molecular complexity index is 2400. The van der Waals surface area contributed by atoms with Gasteiger partial charge in [-0.2, -0.15) is 5.26 Å². The fourth-order valence-electron chi connectivity index (χ4n) is 5.78. The van der Waals surface area contributed by atoms with Crippen molar-refractivity contribution in [2.24, 2.45) is 0 Å². The first kappa shape index (κ1) is 30.2. The first-order chi connectivity index (χ1) is 24.7. The summed E-state index contributed by atoms with van der Waals surface area (Å²) in [5.74, 6) is 2.39. The van der Waals surface area contributed by atoms with Crippen LogP contribution in [0, 0.1) is 11.3 Å². The highest BCUT2D eigenvalue weighted by Gasteiger charge is 2.14. The van der Waals surface area contributed by atoms with Crippen LogP contribution in [-0.4, -0.2) is 24.9 Å². The Labute approximate surface area is 290 Å². The molecule has 0 aliphatic rings. The van der Waals surface area contributed by atoms with E-state index in [0.717, 1.165) is 55.9 Å². The lowest BCUT2D eigenvalue weighted by Gasteiger charge is -2.11. The van der Waals surface area contributed by atoms with Gasteiger partial charge >= 0.3 is 0 Å². The molecule has 0 amide bonds. The summed E-state index contributed by atoms with van der Waals surface area (Å²) in [4.78, 5) is 24.5. The van der Waals surface area contributed by atoms with Crippen molar-refractivity contribution in [1.82, 2.24) is 24.9 Å². The topological polar surface area (TPSA) is 88.2 Å². The molecule has 6 aromatic carbocycles. The number of rotatable bonds is 7. The van der Waals surface area contributed by atoms with Crippen molar-refractivity contribution >= 4 is 0 Å². The molecular weight excluding hydrogens is 613 g/mol. The zero-order chi connectivity index (χ0) is 33.7. The highest BCUT2D eigenvalue weighted by atomic mass is 15.0. The second-order valence-corrected chi connectivity index (χ2v) is 11.7. The maximum absolute atomic E-state index is 9.27. The zero-order valence-corrected chi connectivity index (χ0v) is 26.8. The smallest absolute Gasteiger partial charge is 0.164 e. The van der Waals surface area contributed by atoms with Gasteiger partial charge in [0.25, 0.3) is 0 Å². The van der Waals surface area contributed by atoms with E-state index in [9.17, 15) is 5.26 Å². The van der Waals surface area contributed by atoms with Gasteiger partial charge in [-0.1, -0.05) is 133 Å². The van der Waals surface area contributed by atoms with E-state index in [1.165, 1.54) is 0 Å². The first-order valence-electron chi connectivity index (χ1n) is 16.2. The molecule has 8 rings (SSSR count). The van der Waals surface area contributed by atoms with Crippen molar-refractivity contribution in [2.75, 3.05) is 0 Å². The molecule has 50 heavy (non-hydrogen) atoms. The molecule has 0 saturated heterocycles. The van der Waals surface area contributed by atoms with E-state index in [4.69, 9.17) is 24.9 Å². The minimum Gasteiger partial charge on any atom is -0.228 e. The number of nitriles is 1. The molecule has 0 bridgehead atoms. The highest BCUT2D eigenvalue weighted by Crippen LogP contribution is 2.32. The van der Waals surface area contributed by atoms with Gasteiger partial charge in [-0.05, 0) is 47.5 Å². The molecule has 0 N–H and O–H groups in total. The van der Waals surface area contributed by atoms with Gasteiger partial charge in [0.1, 0.15) is 0 Å². The van der Waals surface area contributed by atoms with Crippen LogP contribution in [0.3, 0.4) is 0 Å². The van der Waals surface area contributed by atoms with E-state index >= 15 is 0 Å². The van der Waals surface area contributed by atoms with Crippen molar-refractivity contribution in [2.45, 2.75) is 0 Å². The van der Waals surface area contributed by atoms with Crippen LogP contribution in [0.4, 0.5) is 0 Å². The molecule has 0 fully saturated rings. The third-order valence-corrected chi connectivity index (χ3v) is 8.40. The summed E-state index contributed by atoms with van der Waals surface area (Å²) in [5.41, 5.74) is 10.0. The van der Waals surface area contributed by atoms with Crippen LogP contribution in [0.25, 0.3) is 79.2 Å². The van der Waals surface area contributed by atoms with Gasteiger partial charge in [0.2, 0.25) is 0 Å². The molecule has 6 nitrogen and oxygen atoms in total. The van der Waals surface area contributed by atoms with Gasteiger partial charge < -0.3 is 0 Å². The maximum Gasteiger partial charge on any atom is 0.164 e. The Balaban J connectivity index is 1.15. The van der Waals surface area contributed by atoms with Gasteiger partial charge in [0.15, 0.2) is 23.3 Å². The predicted octanol–water partition coefficient (Wildman–Crippen LogP) is 10.2. The number of aromatic nitrogens is 5. The number of hydrogen-bond donors (Lipinski definition) is 0. The predicted molar refractivity (Wildman–Crippen MR) is 198 cm³/mol. The third-order valence-electron chi connectivity index (χ3n) is 8.40. The van der Waals surface area contributed by atoms with Crippen LogP contribution >= 0.6 is 0 Å². The number of benzene rings is 6.